The number of fused-ring (bicyclic) bond motifs is 1. The second-order valence-corrected chi connectivity index (χ2v) is 9.20. The minimum Gasteiger partial charge on any atom is -0.347 e. The second kappa shape index (κ2) is 8.22. The van der Waals surface area contributed by atoms with Crippen LogP contribution in [0.5, 0.6) is 0 Å². The van der Waals surface area contributed by atoms with Crippen molar-refractivity contribution in [2.24, 2.45) is 0 Å². The average molecular weight is 439 g/mol. The fourth-order valence-electron chi connectivity index (χ4n) is 3.95. The van der Waals surface area contributed by atoms with Crippen LogP contribution < -0.4 is 4.90 Å². The van der Waals surface area contributed by atoms with Crippen molar-refractivity contribution in [2.75, 3.05) is 46.2 Å². The van der Waals surface area contributed by atoms with Crippen LogP contribution >= 0.6 is 11.3 Å². The third kappa shape index (κ3) is 3.85. The first-order valence-electron chi connectivity index (χ1n) is 10.2. The molecule has 0 saturated carbocycles. The highest BCUT2D eigenvalue weighted by Crippen LogP contribution is 2.40. The topological polar surface area (TPSA) is 82.5 Å². The van der Waals surface area contributed by atoms with E-state index in [1.165, 1.54) is 11.3 Å². The molecule has 1 aliphatic heterocycles. The molecule has 8 nitrogen and oxygen atoms in total. The number of amides is 2. The molecule has 3 aromatic rings. The molecule has 0 radical (unpaired) electrons. The number of nitrogens with zero attached hydrogens (tertiary/aromatic N) is 6. The number of rotatable bonds is 4. The van der Waals surface area contributed by atoms with E-state index in [0.717, 1.165) is 22.2 Å². The first-order chi connectivity index (χ1) is 14.8. The van der Waals surface area contributed by atoms with E-state index in [0.29, 0.717) is 35.2 Å². The molecule has 4 rings (SSSR count). The SMILES string of the molecule is Cc1nc(N(C)C)ncc1C(=O)N1CC[C@@H](c2c(C(=O)N(C)C)sc3ncccc23)C1. The number of hydrogen-bond acceptors (Lipinski definition) is 7. The Bertz CT molecular complexity index is 1160. The van der Waals surface area contributed by atoms with Gasteiger partial charge in [-0.1, -0.05) is 6.07 Å². The zero-order valence-electron chi connectivity index (χ0n) is 18.4. The van der Waals surface area contributed by atoms with Crippen LogP contribution in [0.2, 0.25) is 0 Å². The van der Waals surface area contributed by atoms with E-state index >= 15 is 0 Å². The van der Waals surface area contributed by atoms with Crippen LogP contribution in [0.3, 0.4) is 0 Å². The smallest absolute Gasteiger partial charge is 0.263 e. The van der Waals surface area contributed by atoms with Gasteiger partial charge in [0.05, 0.1) is 16.1 Å². The first-order valence-corrected chi connectivity index (χ1v) is 11.0. The Morgan fingerprint density at radius 3 is 2.65 bits per heavy atom. The Kier molecular flexibility index (Phi) is 5.62. The van der Waals surface area contributed by atoms with E-state index in [4.69, 9.17) is 0 Å². The Balaban J connectivity index is 1.64. The summed E-state index contributed by atoms with van der Waals surface area (Å²) in [5.74, 6) is 0.579. The molecule has 2 amide bonds. The van der Waals surface area contributed by atoms with E-state index in [9.17, 15) is 9.59 Å². The molecular weight excluding hydrogens is 412 g/mol. The van der Waals surface area contributed by atoms with Gasteiger partial charge in [0.15, 0.2) is 0 Å². The van der Waals surface area contributed by atoms with Gasteiger partial charge < -0.3 is 14.7 Å². The molecule has 0 N–H and O–H groups in total. The number of likely N-dealkylation sites (tertiary alicyclic amines) is 1. The average Bonchev–Trinajstić information content (AvgIpc) is 3.37. The zero-order chi connectivity index (χ0) is 22.3. The maximum atomic E-state index is 13.2. The summed E-state index contributed by atoms with van der Waals surface area (Å²) in [4.78, 5) is 46.1. The number of pyridine rings is 1. The molecule has 31 heavy (non-hydrogen) atoms. The minimum atomic E-state index is -0.0662. The molecule has 0 aliphatic carbocycles. The fraction of sp³-hybridized carbons (Fsp3) is 0.409. The zero-order valence-corrected chi connectivity index (χ0v) is 19.2. The van der Waals surface area contributed by atoms with E-state index in [-0.39, 0.29) is 17.7 Å². The third-order valence-electron chi connectivity index (χ3n) is 5.59. The Labute approximate surface area is 185 Å². The quantitative estimate of drug-likeness (QED) is 0.623. The van der Waals surface area contributed by atoms with Crippen molar-refractivity contribution >= 4 is 39.3 Å². The van der Waals surface area contributed by atoms with Crippen LogP contribution in [0.4, 0.5) is 5.95 Å². The minimum absolute atomic E-state index is 0.0219. The van der Waals surface area contributed by atoms with Gasteiger partial charge in [-0.3, -0.25) is 9.59 Å². The van der Waals surface area contributed by atoms with E-state index in [2.05, 4.69) is 15.0 Å². The van der Waals surface area contributed by atoms with Crippen molar-refractivity contribution in [3.63, 3.8) is 0 Å². The highest BCUT2D eigenvalue weighted by Gasteiger charge is 2.34. The van der Waals surface area contributed by atoms with Gasteiger partial charge in [-0.05, 0) is 25.0 Å². The summed E-state index contributed by atoms with van der Waals surface area (Å²) in [6.07, 6.45) is 4.16. The summed E-state index contributed by atoms with van der Waals surface area (Å²) in [6.45, 7) is 3.02. The number of aryl methyl sites for hydroxylation is 1. The molecule has 4 heterocycles. The number of aromatic nitrogens is 3. The number of carbonyl (C=O) groups is 2. The number of hydrogen-bond donors (Lipinski definition) is 0. The van der Waals surface area contributed by atoms with Crippen molar-refractivity contribution < 1.29 is 9.59 Å². The fourth-order valence-corrected chi connectivity index (χ4v) is 5.20. The maximum absolute atomic E-state index is 13.2. The molecule has 0 spiro atoms. The number of thiophene rings is 1. The van der Waals surface area contributed by atoms with Crippen molar-refractivity contribution in [2.45, 2.75) is 19.3 Å². The predicted molar refractivity (Wildman–Crippen MR) is 122 cm³/mol. The van der Waals surface area contributed by atoms with Crippen LogP contribution in [0.25, 0.3) is 10.2 Å². The van der Waals surface area contributed by atoms with E-state index in [1.807, 2.05) is 43.0 Å². The summed E-state index contributed by atoms with van der Waals surface area (Å²) in [7, 11) is 7.26. The van der Waals surface area contributed by atoms with Gasteiger partial charge in [0.1, 0.15) is 4.83 Å². The Morgan fingerprint density at radius 2 is 1.97 bits per heavy atom. The van der Waals surface area contributed by atoms with E-state index < -0.39 is 0 Å². The van der Waals surface area contributed by atoms with E-state index in [1.54, 1.807) is 31.4 Å². The van der Waals surface area contributed by atoms with Crippen LogP contribution in [0.1, 0.15) is 43.6 Å². The van der Waals surface area contributed by atoms with Crippen LogP contribution in [-0.4, -0.2) is 77.8 Å². The molecule has 3 aromatic heterocycles. The summed E-state index contributed by atoms with van der Waals surface area (Å²) >= 11 is 1.43. The molecular formula is C22H26N6O2S. The second-order valence-electron chi connectivity index (χ2n) is 8.20. The lowest BCUT2D eigenvalue weighted by atomic mass is 9.95. The van der Waals surface area contributed by atoms with Gasteiger partial charge in [-0.15, -0.1) is 11.3 Å². The Hall–Kier alpha value is -3.07. The van der Waals surface area contributed by atoms with Gasteiger partial charge in [0.2, 0.25) is 5.95 Å². The molecule has 0 unspecified atom stereocenters. The summed E-state index contributed by atoms with van der Waals surface area (Å²) in [5, 5.41) is 1.01. The van der Waals surface area contributed by atoms with Gasteiger partial charge in [0.25, 0.3) is 11.8 Å². The monoisotopic (exact) mass is 438 g/mol. The van der Waals surface area contributed by atoms with Gasteiger partial charge in [-0.2, -0.15) is 0 Å². The lowest BCUT2D eigenvalue weighted by Gasteiger charge is -2.19. The van der Waals surface area contributed by atoms with Gasteiger partial charge in [-0.25, -0.2) is 15.0 Å². The van der Waals surface area contributed by atoms with Crippen molar-refractivity contribution in [3.8, 4) is 0 Å². The van der Waals surface area contributed by atoms with Crippen molar-refractivity contribution in [1.82, 2.24) is 24.8 Å². The first kappa shape index (κ1) is 21.2. The van der Waals surface area contributed by atoms with Crippen molar-refractivity contribution in [1.29, 1.82) is 0 Å². The van der Waals surface area contributed by atoms with Crippen LogP contribution in [-0.2, 0) is 0 Å². The molecule has 1 saturated heterocycles. The molecule has 9 heteroatoms. The normalized spacial score (nSPS) is 16.0. The highest BCUT2D eigenvalue weighted by atomic mass is 32.1. The molecule has 1 fully saturated rings. The summed E-state index contributed by atoms with van der Waals surface area (Å²) in [5.41, 5.74) is 2.20. The predicted octanol–water partition coefficient (Wildman–Crippen LogP) is 2.79. The lowest BCUT2D eigenvalue weighted by molar-refractivity contribution is 0.0789. The van der Waals surface area contributed by atoms with Gasteiger partial charge in [0, 0.05) is 65.0 Å². The molecule has 162 valence electrons. The lowest BCUT2D eigenvalue weighted by Crippen LogP contribution is -2.30. The standard InChI is InChI=1S/C22H26N6O2S/c1-13-16(11-24-22(25-13)27(4)5)20(29)28-10-8-14(12-28)17-15-7-6-9-23-19(15)31-18(17)21(30)26(2)3/h6-7,9,11,14H,8,10,12H2,1-5H3/t14-/m1/s1. The Morgan fingerprint density at radius 1 is 1.19 bits per heavy atom. The highest BCUT2D eigenvalue weighted by molar-refractivity contribution is 7.20. The molecule has 0 bridgehead atoms. The van der Waals surface area contributed by atoms with Gasteiger partial charge >= 0.3 is 0 Å². The van der Waals surface area contributed by atoms with Crippen LogP contribution in [0.15, 0.2) is 24.5 Å². The third-order valence-corrected chi connectivity index (χ3v) is 6.70. The molecule has 1 atom stereocenters. The number of anilines is 1. The maximum Gasteiger partial charge on any atom is 0.263 e. The molecule has 0 aromatic carbocycles. The number of carbonyl (C=O) groups excluding carboxylic acids is 2. The summed E-state index contributed by atoms with van der Waals surface area (Å²) in [6, 6.07) is 3.91. The van der Waals surface area contributed by atoms with Crippen LogP contribution in [0, 0.1) is 6.92 Å². The van der Waals surface area contributed by atoms with Crippen molar-refractivity contribution in [3.05, 3.63) is 46.2 Å². The summed E-state index contributed by atoms with van der Waals surface area (Å²) < 4.78 is 0. The largest absolute Gasteiger partial charge is 0.347 e. The molecule has 1 aliphatic rings.